The minimum atomic E-state index is -4.37. The SMILES string of the molecule is O=C(c1cccc(S(=O)(=O)N2CCN(c3ccc(F)cc3)CC2)c1)N1CCC[C@H](C(F)(F)F)C1. The number of carbonyl (C=O) groups is 1. The summed E-state index contributed by atoms with van der Waals surface area (Å²) in [4.78, 5) is 15.9. The Morgan fingerprint density at radius 2 is 1.62 bits per heavy atom. The zero-order valence-corrected chi connectivity index (χ0v) is 19.2. The van der Waals surface area contributed by atoms with Crippen molar-refractivity contribution in [2.75, 3.05) is 44.2 Å². The molecule has 1 amide bonds. The van der Waals surface area contributed by atoms with E-state index < -0.39 is 34.6 Å². The average molecular weight is 500 g/mol. The summed E-state index contributed by atoms with van der Waals surface area (Å²) in [5.41, 5.74) is 0.846. The fourth-order valence-electron chi connectivity index (χ4n) is 4.39. The molecule has 2 heterocycles. The number of piperazine rings is 1. The van der Waals surface area contributed by atoms with Crippen LogP contribution in [0, 0.1) is 11.7 Å². The lowest BCUT2D eigenvalue weighted by Crippen LogP contribution is -2.48. The van der Waals surface area contributed by atoms with E-state index in [-0.39, 0.29) is 48.8 Å². The Labute approximate surface area is 195 Å². The molecule has 0 aromatic heterocycles. The average Bonchev–Trinajstić information content (AvgIpc) is 2.84. The number of hydrogen-bond acceptors (Lipinski definition) is 4. The summed E-state index contributed by atoms with van der Waals surface area (Å²) in [5, 5.41) is 0. The summed E-state index contributed by atoms with van der Waals surface area (Å²) in [6, 6.07) is 11.4. The van der Waals surface area contributed by atoms with Gasteiger partial charge >= 0.3 is 6.18 Å². The van der Waals surface area contributed by atoms with Gasteiger partial charge in [0.25, 0.3) is 5.91 Å². The van der Waals surface area contributed by atoms with Crippen LogP contribution >= 0.6 is 0 Å². The Bertz CT molecular complexity index is 1130. The summed E-state index contributed by atoms with van der Waals surface area (Å²) < 4.78 is 80.2. The number of hydrogen-bond donors (Lipinski definition) is 0. The van der Waals surface area contributed by atoms with Gasteiger partial charge in [-0.1, -0.05) is 6.07 Å². The number of halogens is 4. The van der Waals surface area contributed by atoms with Crippen LogP contribution in [0.1, 0.15) is 23.2 Å². The first-order valence-electron chi connectivity index (χ1n) is 11.0. The second-order valence-corrected chi connectivity index (χ2v) is 10.5. The van der Waals surface area contributed by atoms with Crippen molar-refractivity contribution in [1.82, 2.24) is 9.21 Å². The molecule has 184 valence electrons. The lowest BCUT2D eigenvalue weighted by Gasteiger charge is -2.35. The smallest absolute Gasteiger partial charge is 0.369 e. The van der Waals surface area contributed by atoms with Crippen molar-refractivity contribution in [3.63, 3.8) is 0 Å². The van der Waals surface area contributed by atoms with E-state index in [1.165, 1.54) is 40.7 Å². The van der Waals surface area contributed by atoms with Crippen LogP contribution in [-0.4, -0.2) is 69.0 Å². The molecule has 1 atom stereocenters. The van der Waals surface area contributed by atoms with E-state index in [0.717, 1.165) is 10.6 Å². The van der Waals surface area contributed by atoms with Gasteiger partial charge in [-0.3, -0.25) is 4.79 Å². The molecule has 0 bridgehead atoms. The number of rotatable bonds is 4. The van der Waals surface area contributed by atoms with Crippen LogP contribution in [0.15, 0.2) is 53.4 Å². The van der Waals surface area contributed by atoms with Crippen LogP contribution in [-0.2, 0) is 10.0 Å². The summed E-state index contributed by atoms with van der Waals surface area (Å²) in [7, 11) is -3.90. The predicted octanol–water partition coefficient (Wildman–Crippen LogP) is 3.75. The number of benzene rings is 2. The molecule has 2 aromatic rings. The molecule has 6 nitrogen and oxygen atoms in total. The number of amides is 1. The summed E-state index contributed by atoms with van der Waals surface area (Å²) in [6.07, 6.45) is -4.15. The van der Waals surface area contributed by atoms with Crippen LogP contribution < -0.4 is 4.90 Å². The van der Waals surface area contributed by atoms with Crippen LogP contribution in [0.3, 0.4) is 0 Å². The number of alkyl halides is 3. The first-order chi connectivity index (χ1) is 16.1. The molecule has 0 radical (unpaired) electrons. The third kappa shape index (κ3) is 5.20. The number of anilines is 1. The number of sulfonamides is 1. The van der Waals surface area contributed by atoms with Crippen molar-refractivity contribution < 1.29 is 30.8 Å². The molecule has 2 aliphatic rings. The first-order valence-corrected chi connectivity index (χ1v) is 12.5. The molecule has 0 saturated carbocycles. The van der Waals surface area contributed by atoms with Crippen molar-refractivity contribution in [2.45, 2.75) is 23.9 Å². The zero-order valence-electron chi connectivity index (χ0n) is 18.3. The van der Waals surface area contributed by atoms with Gasteiger partial charge in [-0.25, -0.2) is 12.8 Å². The van der Waals surface area contributed by atoms with E-state index in [9.17, 15) is 30.8 Å². The largest absolute Gasteiger partial charge is 0.393 e. The Morgan fingerprint density at radius 1 is 0.941 bits per heavy atom. The third-order valence-corrected chi connectivity index (χ3v) is 8.22. The number of likely N-dealkylation sites (tertiary alicyclic amines) is 1. The Hall–Kier alpha value is -2.66. The van der Waals surface area contributed by atoms with Gasteiger partial charge in [0.05, 0.1) is 10.8 Å². The standard InChI is InChI=1S/C23H25F4N3O3S/c24-19-6-8-20(9-7-19)28-11-13-30(14-12-28)34(32,33)21-5-1-3-17(15-21)22(31)29-10-2-4-18(16-29)23(25,26)27/h1,3,5-9,15,18H,2,4,10-14,16H2/t18-/m0/s1. The van der Waals surface area contributed by atoms with E-state index in [1.54, 1.807) is 12.1 Å². The van der Waals surface area contributed by atoms with E-state index in [1.807, 2.05) is 4.90 Å². The molecule has 0 unspecified atom stereocenters. The predicted molar refractivity (Wildman–Crippen MR) is 118 cm³/mol. The normalized spacial score (nSPS) is 20.4. The van der Waals surface area contributed by atoms with Crippen molar-refractivity contribution in [3.8, 4) is 0 Å². The molecular weight excluding hydrogens is 474 g/mol. The quantitative estimate of drug-likeness (QED) is 0.602. The minimum Gasteiger partial charge on any atom is -0.369 e. The van der Waals surface area contributed by atoms with E-state index in [2.05, 4.69) is 0 Å². The Balaban J connectivity index is 1.45. The highest BCUT2D eigenvalue weighted by Gasteiger charge is 2.43. The summed E-state index contributed by atoms with van der Waals surface area (Å²) >= 11 is 0. The van der Waals surface area contributed by atoms with Gasteiger partial charge in [0, 0.05) is 50.5 Å². The lowest BCUT2D eigenvalue weighted by molar-refractivity contribution is -0.184. The summed E-state index contributed by atoms with van der Waals surface area (Å²) in [6.45, 7) is 1.01. The topological polar surface area (TPSA) is 60.9 Å². The van der Waals surface area contributed by atoms with Gasteiger partial charge < -0.3 is 9.80 Å². The van der Waals surface area contributed by atoms with Crippen LogP contribution in [0.2, 0.25) is 0 Å². The van der Waals surface area contributed by atoms with Crippen molar-refractivity contribution >= 4 is 21.6 Å². The highest BCUT2D eigenvalue weighted by molar-refractivity contribution is 7.89. The van der Waals surface area contributed by atoms with Gasteiger partial charge in [0.1, 0.15) is 5.82 Å². The summed E-state index contributed by atoms with van der Waals surface area (Å²) in [5.74, 6) is -2.53. The van der Waals surface area contributed by atoms with Gasteiger partial charge in [0.2, 0.25) is 10.0 Å². The van der Waals surface area contributed by atoms with E-state index >= 15 is 0 Å². The van der Waals surface area contributed by atoms with Gasteiger partial charge in [-0.15, -0.1) is 0 Å². The third-order valence-electron chi connectivity index (χ3n) is 6.32. The molecule has 2 aliphatic heterocycles. The van der Waals surface area contributed by atoms with E-state index in [0.29, 0.717) is 13.1 Å². The molecule has 11 heteroatoms. The zero-order chi connectivity index (χ0) is 24.5. The van der Waals surface area contributed by atoms with Crippen LogP contribution in [0.5, 0.6) is 0 Å². The molecule has 0 spiro atoms. The maximum atomic E-state index is 13.2. The molecule has 0 N–H and O–H groups in total. The monoisotopic (exact) mass is 499 g/mol. The van der Waals surface area contributed by atoms with E-state index in [4.69, 9.17) is 0 Å². The highest BCUT2D eigenvalue weighted by atomic mass is 32.2. The first kappa shape index (κ1) is 24.5. The molecular formula is C23H25F4N3O3S. The van der Waals surface area contributed by atoms with Crippen LogP contribution in [0.4, 0.5) is 23.2 Å². The second kappa shape index (κ2) is 9.53. The molecule has 0 aliphatic carbocycles. The minimum absolute atomic E-state index is 0.0222. The molecule has 2 fully saturated rings. The van der Waals surface area contributed by atoms with Gasteiger partial charge in [-0.05, 0) is 55.3 Å². The fourth-order valence-corrected chi connectivity index (χ4v) is 5.86. The van der Waals surface area contributed by atoms with Gasteiger partial charge in [0.15, 0.2) is 0 Å². The molecule has 4 rings (SSSR count). The lowest BCUT2D eigenvalue weighted by atomic mass is 9.97. The van der Waals surface area contributed by atoms with Crippen molar-refractivity contribution in [3.05, 3.63) is 59.9 Å². The highest BCUT2D eigenvalue weighted by Crippen LogP contribution is 2.33. The molecule has 2 aromatic carbocycles. The number of nitrogens with zero attached hydrogens (tertiary/aromatic N) is 3. The maximum absolute atomic E-state index is 13.2. The number of carbonyl (C=O) groups excluding carboxylic acids is 1. The fraction of sp³-hybridized carbons (Fsp3) is 0.435. The molecule has 2 saturated heterocycles. The number of piperidine rings is 1. The Kier molecular flexibility index (Phi) is 6.86. The molecule has 34 heavy (non-hydrogen) atoms. The van der Waals surface area contributed by atoms with Crippen LogP contribution in [0.25, 0.3) is 0 Å². The maximum Gasteiger partial charge on any atom is 0.393 e. The van der Waals surface area contributed by atoms with Crippen molar-refractivity contribution in [1.29, 1.82) is 0 Å². The Morgan fingerprint density at radius 3 is 2.26 bits per heavy atom. The van der Waals surface area contributed by atoms with Gasteiger partial charge in [-0.2, -0.15) is 17.5 Å². The van der Waals surface area contributed by atoms with Crippen molar-refractivity contribution in [2.24, 2.45) is 5.92 Å². The second-order valence-electron chi connectivity index (χ2n) is 8.53.